The summed E-state index contributed by atoms with van der Waals surface area (Å²) in [7, 11) is 2.17. The summed E-state index contributed by atoms with van der Waals surface area (Å²) in [6, 6.07) is 4.31. The van der Waals surface area contributed by atoms with E-state index in [9.17, 15) is 0 Å². The Bertz CT molecular complexity index is 289. The van der Waals surface area contributed by atoms with Gasteiger partial charge in [0.15, 0.2) is 0 Å². The third-order valence-electron chi connectivity index (χ3n) is 3.19. The standard InChI is InChI=1S/C12H20N2S/c1-14(9-11-5-4-8-15-11)10-12(13)6-2-3-7-12/h4-5,8H,2-3,6-7,9-10,13H2,1H3. The van der Waals surface area contributed by atoms with E-state index < -0.39 is 0 Å². The molecule has 1 aromatic rings. The first-order valence-corrected chi connectivity index (χ1v) is 6.56. The molecule has 84 valence electrons. The van der Waals surface area contributed by atoms with Gasteiger partial charge < -0.3 is 5.73 Å². The predicted molar refractivity (Wildman–Crippen MR) is 66.0 cm³/mol. The molecule has 1 aliphatic carbocycles. The van der Waals surface area contributed by atoms with Gasteiger partial charge in [-0.1, -0.05) is 18.9 Å². The van der Waals surface area contributed by atoms with Crippen LogP contribution in [0.4, 0.5) is 0 Å². The van der Waals surface area contributed by atoms with E-state index in [0.29, 0.717) is 0 Å². The average Bonchev–Trinajstić information content (AvgIpc) is 2.76. The van der Waals surface area contributed by atoms with Crippen LogP contribution in [0, 0.1) is 0 Å². The summed E-state index contributed by atoms with van der Waals surface area (Å²) in [6.07, 6.45) is 5.01. The molecule has 0 radical (unpaired) electrons. The zero-order chi connectivity index (χ0) is 10.7. The van der Waals surface area contributed by atoms with Crippen LogP contribution in [0.3, 0.4) is 0 Å². The number of likely N-dealkylation sites (N-methyl/N-ethyl adjacent to an activating group) is 1. The quantitative estimate of drug-likeness (QED) is 0.851. The van der Waals surface area contributed by atoms with Crippen molar-refractivity contribution in [3.63, 3.8) is 0 Å². The van der Waals surface area contributed by atoms with Gasteiger partial charge in [0, 0.05) is 23.5 Å². The van der Waals surface area contributed by atoms with Crippen LogP contribution in [0.1, 0.15) is 30.6 Å². The molecule has 0 spiro atoms. The number of thiophene rings is 1. The highest BCUT2D eigenvalue weighted by Gasteiger charge is 2.30. The molecule has 1 fully saturated rings. The molecule has 0 unspecified atom stereocenters. The van der Waals surface area contributed by atoms with Gasteiger partial charge in [-0.2, -0.15) is 0 Å². The molecule has 2 N–H and O–H groups in total. The van der Waals surface area contributed by atoms with Crippen molar-refractivity contribution in [2.75, 3.05) is 13.6 Å². The van der Waals surface area contributed by atoms with Gasteiger partial charge >= 0.3 is 0 Å². The maximum atomic E-state index is 6.35. The molecule has 0 aliphatic heterocycles. The second-order valence-electron chi connectivity index (χ2n) is 4.82. The molecular formula is C12H20N2S. The molecule has 15 heavy (non-hydrogen) atoms. The number of rotatable bonds is 4. The third kappa shape index (κ3) is 3.03. The number of hydrogen-bond donors (Lipinski definition) is 1. The molecule has 0 saturated heterocycles. The lowest BCUT2D eigenvalue weighted by Crippen LogP contribution is -2.46. The fraction of sp³-hybridized carbons (Fsp3) is 0.667. The highest BCUT2D eigenvalue weighted by Crippen LogP contribution is 2.28. The van der Waals surface area contributed by atoms with Crippen LogP contribution in [0.5, 0.6) is 0 Å². The summed E-state index contributed by atoms with van der Waals surface area (Å²) in [6.45, 7) is 2.07. The molecule has 0 bridgehead atoms. The lowest BCUT2D eigenvalue weighted by atomic mass is 9.99. The Morgan fingerprint density at radius 3 is 2.80 bits per heavy atom. The summed E-state index contributed by atoms with van der Waals surface area (Å²) < 4.78 is 0. The zero-order valence-corrected chi connectivity index (χ0v) is 10.2. The van der Waals surface area contributed by atoms with Crippen molar-refractivity contribution in [3.05, 3.63) is 22.4 Å². The van der Waals surface area contributed by atoms with E-state index in [2.05, 4.69) is 29.5 Å². The number of nitrogens with zero attached hydrogens (tertiary/aromatic N) is 1. The maximum Gasteiger partial charge on any atom is 0.0325 e. The first-order chi connectivity index (χ1) is 7.18. The number of hydrogen-bond acceptors (Lipinski definition) is 3. The van der Waals surface area contributed by atoms with Crippen molar-refractivity contribution in [1.29, 1.82) is 0 Å². The second-order valence-corrected chi connectivity index (χ2v) is 5.85. The van der Waals surface area contributed by atoms with Crippen LogP contribution >= 0.6 is 11.3 Å². The van der Waals surface area contributed by atoms with Crippen LogP contribution in [0.15, 0.2) is 17.5 Å². The molecule has 3 heteroatoms. The van der Waals surface area contributed by atoms with Gasteiger partial charge in [-0.05, 0) is 31.3 Å². The van der Waals surface area contributed by atoms with Crippen molar-refractivity contribution >= 4 is 11.3 Å². The smallest absolute Gasteiger partial charge is 0.0325 e. The van der Waals surface area contributed by atoms with Crippen LogP contribution in [-0.4, -0.2) is 24.0 Å². The Morgan fingerprint density at radius 1 is 1.47 bits per heavy atom. The fourth-order valence-corrected chi connectivity index (χ4v) is 3.28. The number of nitrogens with two attached hydrogens (primary N) is 1. The molecule has 2 rings (SSSR count). The summed E-state index contributed by atoms with van der Waals surface area (Å²) >= 11 is 1.83. The fourth-order valence-electron chi connectivity index (χ4n) is 2.50. The minimum Gasteiger partial charge on any atom is -0.324 e. The van der Waals surface area contributed by atoms with Crippen molar-refractivity contribution in [1.82, 2.24) is 4.90 Å². The predicted octanol–water partition coefficient (Wildman–Crippen LogP) is 2.45. The van der Waals surface area contributed by atoms with E-state index in [-0.39, 0.29) is 5.54 Å². The Hall–Kier alpha value is -0.380. The zero-order valence-electron chi connectivity index (χ0n) is 9.41. The van der Waals surface area contributed by atoms with Gasteiger partial charge in [-0.15, -0.1) is 11.3 Å². The van der Waals surface area contributed by atoms with Crippen molar-refractivity contribution in [2.24, 2.45) is 5.73 Å². The average molecular weight is 224 g/mol. The van der Waals surface area contributed by atoms with Gasteiger partial charge in [0.25, 0.3) is 0 Å². The van der Waals surface area contributed by atoms with E-state index in [1.807, 2.05) is 11.3 Å². The summed E-state index contributed by atoms with van der Waals surface area (Å²) in [5, 5.41) is 2.14. The van der Waals surface area contributed by atoms with Crippen LogP contribution in [0.2, 0.25) is 0 Å². The molecular weight excluding hydrogens is 204 g/mol. The Balaban J connectivity index is 1.84. The lowest BCUT2D eigenvalue weighted by Gasteiger charge is -2.29. The van der Waals surface area contributed by atoms with Gasteiger partial charge in [0.05, 0.1) is 0 Å². The van der Waals surface area contributed by atoms with Crippen LogP contribution in [-0.2, 0) is 6.54 Å². The van der Waals surface area contributed by atoms with Crippen molar-refractivity contribution in [2.45, 2.75) is 37.8 Å². The van der Waals surface area contributed by atoms with E-state index >= 15 is 0 Å². The SMILES string of the molecule is CN(Cc1cccs1)CC1(N)CCCC1. The molecule has 1 heterocycles. The van der Waals surface area contributed by atoms with Gasteiger partial charge in [-0.25, -0.2) is 0 Å². The largest absolute Gasteiger partial charge is 0.324 e. The van der Waals surface area contributed by atoms with Crippen molar-refractivity contribution in [3.8, 4) is 0 Å². The van der Waals surface area contributed by atoms with E-state index in [4.69, 9.17) is 5.73 Å². The molecule has 1 aliphatic rings. The first-order valence-electron chi connectivity index (χ1n) is 5.68. The minimum absolute atomic E-state index is 0.0893. The second kappa shape index (κ2) is 4.64. The van der Waals surface area contributed by atoms with Crippen molar-refractivity contribution < 1.29 is 0 Å². The van der Waals surface area contributed by atoms with E-state index in [1.54, 1.807) is 0 Å². The van der Waals surface area contributed by atoms with Crippen LogP contribution < -0.4 is 5.73 Å². The van der Waals surface area contributed by atoms with E-state index in [0.717, 1.165) is 13.1 Å². The highest BCUT2D eigenvalue weighted by molar-refractivity contribution is 7.09. The normalized spacial score (nSPS) is 19.9. The first kappa shape index (κ1) is 11.1. The monoisotopic (exact) mass is 224 g/mol. The highest BCUT2D eigenvalue weighted by atomic mass is 32.1. The Kier molecular flexibility index (Phi) is 3.44. The topological polar surface area (TPSA) is 29.3 Å². The lowest BCUT2D eigenvalue weighted by molar-refractivity contribution is 0.243. The summed E-state index contributed by atoms with van der Waals surface area (Å²) in [5.74, 6) is 0. The third-order valence-corrected chi connectivity index (χ3v) is 4.05. The van der Waals surface area contributed by atoms with Crippen LogP contribution in [0.25, 0.3) is 0 Å². The minimum atomic E-state index is 0.0893. The molecule has 1 aromatic heterocycles. The summed E-state index contributed by atoms with van der Waals surface area (Å²) in [4.78, 5) is 3.79. The van der Waals surface area contributed by atoms with Gasteiger partial charge in [0.2, 0.25) is 0 Å². The molecule has 2 nitrogen and oxygen atoms in total. The van der Waals surface area contributed by atoms with Gasteiger partial charge in [-0.3, -0.25) is 4.90 Å². The summed E-state index contributed by atoms with van der Waals surface area (Å²) in [5.41, 5.74) is 6.44. The Labute approximate surface area is 96.1 Å². The molecule has 0 aromatic carbocycles. The van der Waals surface area contributed by atoms with E-state index in [1.165, 1.54) is 30.6 Å². The molecule has 1 saturated carbocycles. The maximum absolute atomic E-state index is 6.35. The van der Waals surface area contributed by atoms with Gasteiger partial charge in [0.1, 0.15) is 0 Å². The Morgan fingerprint density at radius 2 is 2.20 bits per heavy atom. The molecule has 0 amide bonds. The molecule has 0 atom stereocenters.